The molecule has 0 saturated carbocycles. The van der Waals surface area contributed by atoms with Crippen molar-refractivity contribution in [1.82, 2.24) is 5.32 Å². The first-order valence-electron chi connectivity index (χ1n) is 6.56. The van der Waals surface area contributed by atoms with E-state index >= 15 is 0 Å². The van der Waals surface area contributed by atoms with Crippen LogP contribution in [-0.2, 0) is 6.54 Å². The molecule has 20 heavy (non-hydrogen) atoms. The second-order valence-electron chi connectivity index (χ2n) is 4.61. The summed E-state index contributed by atoms with van der Waals surface area (Å²) in [5.74, 6) is -0.206. The van der Waals surface area contributed by atoms with Gasteiger partial charge in [0.25, 0.3) is 0 Å². The lowest BCUT2D eigenvalue weighted by molar-refractivity contribution is 0.587. The van der Waals surface area contributed by atoms with Crippen LogP contribution in [0.4, 0.5) is 4.39 Å². The molecule has 0 atom stereocenters. The van der Waals surface area contributed by atoms with Gasteiger partial charge < -0.3 is 5.32 Å². The largest absolute Gasteiger partial charge is 0.313 e. The van der Waals surface area contributed by atoms with Gasteiger partial charge in [-0.15, -0.1) is 0 Å². The molecule has 0 aromatic heterocycles. The Balaban J connectivity index is 2.30. The van der Waals surface area contributed by atoms with Crippen LogP contribution in [0.15, 0.2) is 36.4 Å². The fourth-order valence-electron chi connectivity index (χ4n) is 2.00. The molecule has 0 fully saturated rings. The van der Waals surface area contributed by atoms with E-state index in [0.29, 0.717) is 22.2 Å². The van der Waals surface area contributed by atoms with Crippen molar-refractivity contribution >= 4 is 23.2 Å². The van der Waals surface area contributed by atoms with Gasteiger partial charge in [-0.2, -0.15) is 0 Å². The van der Waals surface area contributed by atoms with Crippen LogP contribution in [0, 0.1) is 5.82 Å². The van der Waals surface area contributed by atoms with Crippen LogP contribution in [0.2, 0.25) is 10.0 Å². The minimum Gasteiger partial charge on any atom is -0.313 e. The summed E-state index contributed by atoms with van der Waals surface area (Å²) in [4.78, 5) is 0. The topological polar surface area (TPSA) is 12.0 Å². The number of rotatable bonds is 5. The summed E-state index contributed by atoms with van der Waals surface area (Å²) < 4.78 is 13.8. The monoisotopic (exact) mass is 311 g/mol. The molecule has 0 unspecified atom stereocenters. The van der Waals surface area contributed by atoms with Crippen LogP contribution in [0.1, 0.15) is 18.9 Å². The van der Waals surface area contributed by atoms with E-state index in [4.69, 9.17) is 23.2 Å². The fourth-order valence-corrected chi connectivity index (χ4v) is 2.52. The third-order valence-electron chi connectivity index (χ3n) is 3.03. The molecule has 106 valence electrons. The molecule has 0 amide bonds. The maximum atomic E-state index is 13.8. The van der Waals surface area contributed by atoms with Crippen molar-refractivity contribution in [1.29, 1.82) is 0 Å². The lowest BCUT2D eigenvalue weighted by Gasteiger charge is -2.09. The standard InChI is InChI=1S/C16H16Cl2FN/c1-2-7-20-10-12-8-11(3-6-16(12)19)14-5-4-13(17)9-15(14)18/h3-6,8-9,20H,2,7,10H2,1H3. The summed E-state index contributed by atoms with van der Waals surface area (Å²) in [5, 5.41) is 4.36. The molecule has 0 aliphatic rings. The van der Waals surface area contributed by atoms with E-state index in [2.05, 4.69) is 12.2 Å². The summed E-state index contributed by atoms with van der Waals surface area (Å²) >= 11 is 12.1. The highest BCUT2D eigenvalue weighted by Gasteiger charge is 2.08. The van der Waals surface area contributed by atoms with Crippen molar-refractivity contribution in [2.75, 3.05) is 6.54 Å². The van der Waals surface area contributed by atoms with Crippen LogP contribution in [0.3, 0.4) is 0 Å². The Morgan fingerprint density at radius 2 is 1.90 bits per heavy atom. The van der Waals surface area contributed by atoms with Crippen molar-refractivity contribution in [2.24, 2.45) is 0 Å². The molecular weight excluding hydrogens is 296 g/mol. The van der Waals surface area contributed by atoms with Gasteiger partial charge in [-0.3, -0.25) is 0 Å². The Morgan fingerprint density at radius 1 is 1.10 bits per heavy atom. The summed E-state index contributed by atoms with van der Waals surface area (Å²) in [5.41, 5.74) is 2.39. The maximum Gasteiger partial charge on any atom is 0.127 e. The first-order chi connectivity index (χ1) is 9.61. The van der Waals surface area contributed by atoms with E-state index in [-0.39, 0.29) is 5.82 Å². The van der Waals surface area contributed by atoms with E-state index in [1.807, 2.05) is 12.1 Å². The van der Waals surface area contributed by atoms with Gasteiger partial charge in [0, 0.05) is 27.7 Å². The van der Waals surface area contributed by atoms with Gasteiger partial charge in [0.15, 0.2) is 0 Å². The lowest BCUT2D eigenvalue weighted by atomic mass is 10.0. The van der Waals surface area contributed by atoms with Crippen molar-refractivity contribution in [3.63, 3.8) is 0 Å². The van der Waals surface area contributed by atoms with Crippen LogP contribution in [0.5, 0.6) is 0 Å². The van der Waals surface area contributed by atoms with Crippen molar-refractivity contribution in [3.05, 3.63) is 57.8 Å². The van der Waals surface area contributed by atoms with E-state index in [0.717, 1.165) is 24.1 Å². The predicted octanol–water partition coefficient (Wildman–Crippen LogP) is 5.30. The lowest BCUT2D eigenvalue weighted by Crippen LogP contribution is -2.14. The first kappa shape index (κ1) is 15.3. The van der Waals surface area contributed by atoms with Gasteiger partial charge in [0.1, 0.15) is 5.82 Å². The van der Waals surface area contributed by atoms with Gasteiger partial charge in [-0.25, -0.2) is 4.39 Å². The first-order valence-corrected chi connectivity index (χ1v) is 7.32. The number of halogens is 3. The zero-order chi connectivity index (χ0) is 14.5. The van der Waals surface area contributed by atoms with Crippen LogP contribution in [-0.4, -0.2) is 6.54 Å². The summed E-state index contributed by atoms with van der Waals surface area (Å²) in [6.45, 7) is 3.46. The Hall–Kier alpha value is -1.09. The highest BCUT2D eigenvalue weighted by molar-refractivity contribution is 6.36. The minimum atomic E-state index is -0.206. The molecule has 2 aromatic carbocycles. The number of benzene rings is 2. The van der Waals surface area contributed by atoms with Gasteiger partial charge in [0.2, 0.25) is 0 Å². The second-order valence-corrected chi connectivity index (χ2v) is 5.45. The molecule has 0 saturated heterocycles. The van der Waals surface area contributed by atoms with Gasteiger partial charge in [-0.1, -0.05) is 42.3 Å². The highest BCUT2D eigenvalue weighted by Crippen LogP contribution is 2.31. The molecule has 0 spiro atoms. The van der Waals surface area contributed by atoms with Crippen molar-refractivity contribution in [2.45, 2.75) is 19.9 Å². The number of hydrogen-bond acceptors (Lipinski definition) is 1. The van der Waals surface area contributed by atoms with Gasteiger partial charge in [0.05, 0.1) is 0 Å². The Labute approximate surface area is 128 Å². The Morgan fingerprint density at radius 3 is 2.60 bits per heavy atom. The normalized spacial score (nSPS) is 10.8. The third kappa shape index (κ3) is 3.72. The van der Waals surface area contributed by atoms with Crippen LogP contribution >= 0.6 is 23.2 Å². The number of hydrogen-bond donors (Lipinski definition) is 1. The van der Waals surface area contributed by atoms with Crippen molar-refractivity contribution in [3.8, 4) is 11.1 Å². The third-order valence-corrected chi connectivity index (χ3v) is 3.58. The predicted molar refractivity (Wildman–Crippen MR) is 83.9 cm³/mol. The summed E-state index contributed by atoms with van der Waals surface area (Å²) in [7, 11) is 0. The van der Waals surface area contributed by atoms with E-state index < -0.39 is 0 Å². The Kier molecular flexibility index (Phi) is 5.41. The van der Waals surface area contributed by atoms with E-state index in [1.165, 1.54) is 6.07 Å². The molecule has 2 aromatic rings. The van der Waals surface area contributed by atoms with Gasteiger partial charge in [-0.05, 0) is 42.8 Å². The van der Waals surface area contributed by atoms with Crippen molar-refractivity contribution < 1.29 is 4.39 Å². The molecule has 4 heteroatoms. The quantitative estimate of drug-likeness (QED) is 0.739. The molecule has 0 aliphatic carbocycles. The molecular formula is C16H16Cl2FN. The molecule has 1 nitrogen and oxygen atoms in total. The molecule has 1 N–H and O–H groups in total. The zero-order valence-corrected chi connectivity index (χ0v) is 12.7. The van der Waals surface area contributed by atoms with Crippen LogP contribution < -0.4 is 5.32 Å². The minimum absolute atomic E-state index is 0.206. The van der Waals surface area contributed by atoms with Crippen LogP contribution in [0.25, 0.3) is 11.1 Å². The molecule has 0 radical (unpaired) electrons. The average molecular weight is 312 g/mol. The highest BCUT2D eigenvalue weighted by atomic mass is 35.5. The molecule has 2 rings (SSSR count). The molecule has 0 bridgehead atoms. The Bertz CT molecular complexity index is 599. The summed E-state index contributed by atoms with van der Waals surface area (Å²) in [6.07, 6.45) is 1.02. The average Bonchev–Trinajstić information content (AvgIpc) is 2.41. The van der Waals surface area contributed by atoms with E-state index in [1.54, 1.807) is 18.2 Å². The smallest absolute Gasteiger partial charge is 0.127 e. The van der Waals surface area contributed by atoms with E-state index in [9.17, 15) is 4.39 Å². The SMILES string of the molecule is CCCNCc1cc(-c2ccc(Cl)cc2Cl)ccc1F. The maximum absolute atomic E-state index is 13.8. The zero-order valence-electron chi connectivity index (χ0n) is 11.2. The van der Waals surface area contributed by atoms with Gasteiger partial charge >= 0.3 is 0 Å². The second kappa shape index (κ2) is 7.07. The number of nitrogens with one attached hydrogen (secondary N) is 1. The molecule has 0 heterocycles. The molecule has 0 aliphatic heterocycles. The fraction of sp³-hybridized carbons (Fsp3) is 0.250. The summed E-state index contributed by atoms with van der Waals surface area (Å²) in [6, 6.07) is 10.4.